The first kappa shape index (κ1) is 12.8. The fraction of sp³-hybridized carbons (Fsp3) is 0.364. The molecule has 1 rings (SSSR count). The zero-order valence-electron chi connectivity index (χ0n) is 9.07. The summed E-state index contributed by atoms with van der Waals surface area (Å²) in [7, 11) is 1.50. The maximum Gasteiger partial charge on any atom is 0.406 e. The standard InChI is InChI=1S/C11H15ClN2O2/c1-14-11(15)16-7-9(13)6-8-4-2-3-5-10(8)12/h2-5,9H,6-7,13H2,1H3,(H,14,15)/t9-/m0/s1. The molecule has 0 fully saturated rings. The summed E-state index contributed by atoms with van der Waals surface area (Å²) < 4.78 is 4.85. The van der Waals surface area contributed by atoms with Crippen LogP contribution in [0, 0.1) is 0 Å². The first-order valence-electron chi connectivity index (χ1n) is 4.97. The van der Waals surface area contributed by atoms with Gasteiger partial charge in [-0.25, -0.2) is 4.79 Å². The summed E-state index contributed by atoms with van der Waals surface area (Å²) in [6, 6.07) is 7.22. The Hall–Kier alpha value is -1.26. The van der Waals surface area contributed by atoms with E-state index in [0.29, 0.717) is 11.4 Å². The number of carbonyl (C=O) groups excluding carboxylic acids is 1. The van der Waals surface area contributed by atoms with Gasteiger partial charge in [0, 0.05) is 18.1 Å². The Bertz CT molecular complexity index is 358. The van der Waals surface area contributed by atoms with E-state index in [-0.39, 0.29) is 12.6 Å². The van der Waals surface area contributed by atoms with Crippen LogP contribution in [0.15, 0.2) is 24.3 Å². The van der Waals surface area contributed by atoms with Crippen LogP contribution in [0.2, 0.25) is 5.02 Å². The predicted molar refractivity (Wildman–Crippen MR) is 63.5 cm³/mol. The molecule has 5 heteroatoms. The average molecular weight is 243 g/mol. The van der Waals surface area contributed by atoms with Gasteiger partial charge in [-0.2, -0.15) is 0 Å². The van der Waals surface area contributed by atoms with E-state index < -0.39 is 6.09 Å². The van der Waals surface area contributed by atoms with E-state index in [9.17, 15) is 4.79 Å². The first-order chi connectivity index (χ1) is 7.63. The van der Waals surface area contributed by atoms with Gasteiger partial charge in [0.05, 0.1) is 0 Å². The number of rotatable bonds is 4. The van der Waals surface area contributed by atoms with Crippen LogP contribution in [0.5, 0.6) is 0 Å². The van der Waals surface area contributed by atoms with Crippen molar-refractivity contribution in [2.24, 2.45) is 5.73 Å². The number of hydrogen-bond donors (Lipinski definition) is 2. The van der Waals surface area contributed by atoms with Crippen molar-refractivity contribution in [1.29, 1.82) is 0 Å². The lowest BCUT2D eigenvalue weighted by Gasteiger charge is -2.12. The molecule has 88 valence electrons. The van der Waals surface area contributed by atoms with Gasteiger partial charge < -0.3 is 15.8 Å². The van der Waals surface area contributed by atoms with Crippen molar-refractivity contribution in [2.45, 2.75) is 12.5 Å². The molecule has 0 unspecified atom stereocenters. The summed E-state index contributed by atoms with van der Waals surface area (Å²) in [5, 5.41) is 3.03. The van der Waals surface area contributed by atoms with Gasteiger partial charge in [-0.05, 0) is 18.1 Å². The number of benzene rings is 1. The average Bonchev–Trinajstić information content (AvgIpc) is 2.29. The molecule has 0 heterocycles. The number of carbonyl (C=O) groups is 1. The Morgan fingerprint density at radius 1 is 1.56 bits per heavy atom. The number of nitrogens with two attached hydrogens (primary N) is 1. The van der Waals surface area contributed by atoms with Gasteiger partial charge in [0.2, 0.25) is 0 Å². The van der Waals surface area contributed by atoms with Gasteiger partial charge in [-0.1, -0.05) is 29.8 Å². The van der Waals surface area contributed by atoms with E-state index in [4.69, 9.17) is 22.1 Å². The number of halogens is 1. The summed E-state index contributed by atoms with van der Waals surface area (Å²) in [6.07, 6.45) is 0.103. The zero-order chi connectivity index (χ0) is 12.0. The summed E-state index contributed by atoms with van der Waals surface area (Å²) in [6.45, 7) is 0.172. The zero-order valence-corrected chi connectivity index (χ0v) is 9.83. The van der Waals surface area contributed by atoms with E-state index in [0.717, 1.165) is 5.56 Å². The summed E-state index contributed by atoms with van der Waals surface area (Å²) in [4.78, 5) is 10.8. The summed E-state index contributed by atoms with van der Waals surface area (Å²) in [5.41, 5.74) is 6.77. The monoisotopic (exact) mass is 242 g/mol. The van der Waals surface area contributed by atoms with Crippen molar-refractivity contribution < 1.29 is 9.53 Å². The third-order valence-electron chi connectivity index (χ3n) is 2.07. The Morgan fingerprint density at radius 2 is 2.25 bits per heavy atom. The van der Waals surface area contributed by atoms with E-state index in [1.54, 1.807) is 0 Å². The molecule has 3 N–H and O–H groups in total. The van der Waals surface area contributed by atoms with Crippen molar-refractivity contribution in [1.82, 2.24) is 5.32 Å². The van der Waals surface area contributed by atoms with Crippen LogP contribution in [0.25, 0.3) is 0 Å². The number of ether oxygens (including phenoxy) is 1. The first-order valence-corrected chi connectivity index (χ1v) is 5.34. The molecule has 1 aromatic rings. The van der Waals surface area contributed by atoms with Gasteiger partial charge in [0.1, 0.15) is 6.61 Å². The van der Waals surface area contributed by atoms with E-state index >= 15 is 0 Å². The minimum absolute atomic E-state index is 0.172. The van der Waals surface area contributed by atoms with E-state index in [1.807, 2.05) is 24.3 Å². The normalized spacial score (nSPS) is 11.9. The van der Waals surface area contributed by atoms with Crippen molar-refractivity contribution in [3.63, 3.8) is 0 Å². The van der Waals surface area contributed by atoms with Crippen molar-refractivity contribution >= 4 is 17.7 Å². The highest BCUT2D eigenvalue weighted by Crippen LogP contribution is 2.16. The van der Waals surface area contributed by atoms with Crippen molar-refractivity contribution in [2.75, 3.05) is 13.7 Å². The Balaban J connectivity index is 2.43. The lowest BCUT2D eigenvalue weighted by molar-refractivity contribution is 0.141. The molecule has 16 heavy (non-hydrogen) atoms. The van der Waals surface area contributed by atoms with Gasteiger partial charge in [0.25, 0.3) is 0 Å². The Labute approximate surface area is 99.7 Å². The maximum atomic E-state index is 10.8. The molecule has 0 aliphatic carbocycles. The van der Waals surface area contributed by atoms with Crippen LogP contribution in [-0.2, 0) is 11.2 Å². The molecule has 0 spiro atoms. The minimum Gasteiger partial charge on any atom is -0.448 e. The third-order valence-corrected chi connectivity index (χ3v) is 2.44. The highest BCUT2D eigenvalue weighted by molar-refractivity contribution is 6.31. The minimum atomic E-state index is -0.477. The molecule has 1 atom stereocenters. The SMILES string of the molecule is CNC(=O)OC[C@@H](N)Cc1ccccc1Cl. The van der Waals surface area contributed by atoms with Gasteiger partial charge in [0.15, 0.2) is 0 Å². The van der Waals surface area contributed by atoms with Crippen LogP contribution in [0.3, 0.4) is 0 Å². The molecular weight excluding hydrogens is 228 g/mol. The highest BCUT2D eigenvalue weighted by atomic mass is 35.5. The molecule has 0 bridgehead atoms. The second-order valence-electron chi connectivity index (χ2n) is 3.40. The molecule has 0 aliphatic rings. The summed E-state index contributed by atoms with van der Waals surface area (Å²) >= 11 is 5.98. The number of alkyl carbamates (subject to hydrolysis) is 1. The smallest absolute Gasteiger partial charge is 0.406 e. The maximum absolute atomic E-state index is 10.8. The number of amides is 1. The van der Waals surface area contributed by atoms with Crippen LogP contribution >= 0.6 is 11.6 Å². The van der Waals surface area contributed by atoms with Crippen molar-refractivity contribution in [3.8, 4) is 0 Å². The van der Waals surface area contributed by atoms with E-state index in [1.165, 1.54) is 7.05 Å². The Kier molecular flexibility index (Phi) is 5.08. The fourth-order valence-corrected chi connectivity index (χ4v) is 1.47. The van der Waals surface area contributed by atoms with Gasteiger partial charge in [-0.3, -0.25) is 0 Å². The van der Waals surface area contributed by atoms with E-state index in [2.05, 4.69) is 5.32 Å². The molecule has 0 aliphatic heterocycles. The molecule has 1 amide bonds. The van der Waals surface area contributed by atoms with Gasteiger partial charge in [-0.15, -0.1) is 0 Å². The molecule has 0 saturated carbocycles. The predicted octanol–water partition coefficient (Wildman–Crippen LogP) is 1.57. The van der Waals surface area contributed by atoms with Crippen LogP contribution < -0.4 is 11.1 Å². The van der Waals surface area contributed by atoms with Crippen molar-refractivity contribution in [3.05, 3.63) is 34.9 Å². The third kappa shape index (κ3) is 4.08. The molecular formula is C11H15ClN2O2. The van der Waals surface area contributed by atoms with Crippen LogP contribution in [0.4, 0.5) is 4.79 Å². The lowest BCUT2D eigenvalue weighted by atomic mass is 10.1. The second kappa shape index (κ2) is 6.35. The highest BCUT2D eigenvalue weighted by Gasteiger charge is 2.09. The topological polar surface area (TPSA) is 64.3 Å². The van der Waals surface area contributed by atoms with Crippen LogP contribution in [-0.4, -0.2) is 25.8 Å². The second-order valence-corrected chi connectivity index (χ2v) is 3.81. The summed E-state index contributed by atoms with van der Waals surface area (Å²) in [5.74, 6) is 0. The molecule has 0 radical (unpaired) electrons. The molecule has 4 nitrogen and oxygen atoms in total. The quantitative estimate of drug-likeness (QED) is 0.842. The molecule has 0 aromatic heterocycles. The Morgan fingerprint density at radius 3 is 2.88 bits per heavy atom. The number of hydrogen-bond acceptors (Lipinski definition) is 3. The molecule has 0 saturated heterocycles. The number of nitrogens with one attached hydrogen (secondary N) is 1. The van der Waals surface area contributed by atoms with Gasteiger partial charge >= 0.3 is 6.09 Å². The fourth-order valence-electron chi connectivity index (χ4n) is 1.26. The van der Waals surface area contributed by atoms with Crippen LogP contribution in [0.1, 0.15) is 5.56 Å². The largest absolute Gasteiger partial charge is 0.448 e. The lowest BCUT2D eigenvalue weighted by Crippen LogP contribution is -2.32. The molecule has 1 aromatic carbocycles.